The number of nitrogens with zero attached hydrogens (tertiary/aromatic N) is 4. The van der Waals surface area contributed by atoms with E-state index in [2.05, 4.69) is 34.3 Å². The molecule has 1 amide bonds. The maximum Gasteiger partial charge on any atom is 0.230 e. The summed E-state index contributed by atoms with van der Waals surface area (Å²) in [6.07, 6.45) is 3.47. The third kappa shape index (κ3) is 6.08. The Morgan fingerprint density at radius 1 is 1.03 bits per heavy atom. The van der Waals surface area contributed by atoms with Gasteiger partial charge in [-0.3, -0.25) is 14.3 Å². The minimum atomic E-state index is -0.0563. The summed E-state index contributed by atoms with van der Waals surface area (Å²) in [4.78, 5) is 17.2. The van der Waals surface area contributed by atoms with Crippen molar-refractivity contribution in [3.63, 3.8) is 0 Å². The molecule has 0 aliphatic carbocycles. The van der Waals surface area contributed by atoms with Crippen molar-refractivity contribution in [3.05, 3.63) is 84.7 Å². The zero-order valence-electron chi connectivity index (χ0n) is 20.1. The highest BCUT2D eigenvalue weighted by molar-refractivity contribution is 7.99. The van der Waals surface area contributed by atoms with Crippen molar-refractivity contribution in [1.29, 1.82) is 0 Å². The fraction of sp³-hybridized carbons (Fsp3) is 0.259. The van der Waals surface area contributed by atoms with Crippen LogP contribution in [0.1, 0.15) is 32.4 Å². The first-order valence-electron chi connectivity index (χ1n) is 11.6. The number of thioether (sulfide) groups is 1. The molecule has 0 aliphatic heterocycles. The average molecular weight is 488 g/mol. The van der Waals surface area contributed by atoms with E-state index in [-0.39, 0.29) is 23.6 Å². The Hall–Kier alpha value is -3.65. The Balaban J connectivity index is 1.56. The van der Waals surface area contributed by atoms with Crippen LogP contribution in [0.5, 0.6) is 5.75 Å². The van der Waals surface area contributed by atoms with Crippen LogP contribution in [0.15, 0.2) is 84.3 Å². The molecule has 1 unspecified atom stereocenters. The second-order valence-electron chi connectivity index (χ2n) is 8.30. The summed E-state index contributed by atoms with van der Waals surface area (Å²) in [6, 6.07) is 21.5. The van der Waals surface area contributed by atoms with Crippen LogP contribution < -0.4 is 10.1 Å². The minimum Gasteiger partial charge on any atom is -0.494 e. The monoisotopic (exact) mass is 487 g/mol. The summed E-state index contributed by atoms with van der Waals surface area (Å²) < 4.78 is 7.53. The molecular weight excluding hydrogens is 458 g/mol. The third-order valence-corrected chi connectivity index (χ3v) is 6.36. The smallest absolute Gasteiger partial charge is 0.230 e. The predicted molar refractivity (Wildman–Crippen MR) is 139 cm³/mol. The molecule has 0 spiro atoms. The molecule has 0 radical (unpaired) electrons. The zero-order chi connectivity index (χ0) is 24.6. The van der Waals surface area contributed by atoms with E-state index in [1.807, 2.05) is 78.2 Å². The molecule has 4 rings (SSSR count). The molecule has 7 nitrogen and oxygen atoms in total. The molecule has 1 atom stereocenters. The van der Waals surface area contributed by atoms with Gasteiger partial charge in [0, 0.05) is 23.6 Å². The normalized spacial score (nSPS) is 11.9. The van der Waals surface area contributed by atoms with Crippen molar-refractivity contribution in [2.75, 3.05) is 12.4 Å². The molecule has 2 aromatic heterocycles. The molecule has 2 aromatic carbocycles. The number of benzene rings is 2. The van der Waals surface area contributed by atoms with E-state index in [1.165, 1.54) is 11.8 Å². The number of amides is 1. The van der Waals surface area contributed by atoms with Gasteiger partial charge < -0.3 is 10.1 Å². The highest BCUT2D eigenvalue weighted by Gasteiger charge is 2.21. The number of aromatic nitrogens is 4. The van der Waals surface area contributed by atoms with Crippen LogP contribution in [0.4, 0.5) is 0 Å². The first-order chi connectivity index (χ1) is 17.1. The van der Waals surface area contributed by atoms with E-state index in [1.54, 1.807) is 12.4 Å². The van der Waals surface area contributed by atoms with Gasteiger partial charge >= 0.3 is 0 Å². The van der Waals surface area contributed by atoms with Crippen molar-refractivity contribution in [1.82, 2.24) is 25.1 Å². The van der Waals surface area contributed by atoms with Crippen molar-refractivity contribution in [3.8, 4) is 22.8 Å². The van der Waals surface area contributed by atoms with E-state index >= 15 is 0 Å². The van der Waals surface area contributed by atoms with Crippen molar-refractivity contribution >= 4 is 17.7 Å². The van der Waals surface area contributed by atoms with Gasteiger partial charge in [-0.1, -0.05) is 55.9 Å². The zero-order valence-corrected chi connectivity index (χ0v) is 20.9. The van der Waals surface area contributed by atoms with Gasteiger partial charge in [-0.25, -0.2) is 0 Å². The molecule has 2 heterocycles. The number of carbonyl (C=O) groups excluding carboxylic acids is 1. The summed E-state index contributed by atoms with van der Waals surface area (Å²) in [6.45, 7) is 6.76. The highest BCUT2D eigenvalue weighted by atomic mass is 32.2. The summed E-state index contributed by atoms with van der Waals surface area (Å²) in [7, 11) is 0. The Morgan fingerprint density at radius 2 is 1.80 bits per heavy atom. The molecule has 0 fully saturated rings. The van der Waals surface area contributed by atoms with Crippen molar-refractivity contribution < 1.29 is 9.53 Å². The van der Waals surface area contributed by atoms with Crippen molar-refractivity contribution in [2.24, 2.45) is 5.92 Å². The highest BCUT2D eigenvalue weighted by Crippen LogP contribution is 2.29. The number of nitrogens with one attached hydrogen (secondary N) is 1. The summed E-state index contributed by atoms with van der Waals surface area (Å²) in [5.41, 5.74) is 2.82. The van der Waals surface area contributed by atoms with Gasteiger partial charge in [0.25, 0.3) is 0 Å². The number of carbonyl (C=O) groups is 1. The molecule has 0 aliphatic rings. The van der Waals surface area contributed by atoms with E-state index in [9.17, 15) is 4.79 Å². The number of ether oxygens (including phenoxy) is 1. The molecule has 0 bridgehead atoms. The Labute approximate surface area is 210 Å². The van der Waals surface area contributed by atoms with Gasteiger partial charge in [-0.15, -0.1) is 10.2 Å². The van der Waals surface area contributed by atoms with E-state index in [4.69, 9.17) is 4.74 Å². The van der Waals surface area contributed by atoms with Gasteiger partial charge in [0.1, 0.15) is 5.75 Å². The molecule has 35 heavy (non-hydrogen) atoms. The fourth-order valence-corrected chi connectivity index (χ4v) is 4.54. The van der Waals surface area contributed by atoms with Crippen LogP contribution in [0, 0.1) is 5.92 Å². The summed E-state index contributed by atoms with van der Waals surface area (Å²) in [5.74, 6) is 1.88. The second kappa shape index (κ2) is 11.7. The number of rotatable bonds is 10. The first-order valence-corrected chi connectivity index (χ1v) is 12.6. The molecule has 4 aromatic rings. The summed E-state index contributed by atoms with van der Waals surface area (Å²) in [5, 5.41) is 12.6. The first kappa shape index (κ1) is 24.5. The van der Waals surface area contributed by atoms with Gasteiger partial charge in [0.2, 0.25) is 5.91 Å². The van der Waals surface area contributed by atoms with Crippen LogP contribution in [-0.4, -0.2) is 38.0 Å². The predicted octanol–water partition coefficient (Wildman–Crippen LogP) is 5.33. The van der Waals surface area contributed by atoms with Gasteiger partial charge in [-0.2, -0.15) is 0 Å². The van der Waals surface area contributed by atoms with Crippen LogP contribution in [0.2, 0.25) is 0 Å². The second-order valence-corrected chi connectivity index (χ2v) is 9.24. The van der Waals surface area contributed by atoms with Gasteiger partial charge in [0.05, 0.1) is 18.4 Å². The largest absolute Gasteiger partial charge is 0.494 e. The van der Waals surface area contributed by atoms with E-state index in [0.29, 0.717) is 17.6 Å². The summed E-state index contributed by atoms with van der Waals surface area (Å²) >= 11 is 1.35. The van der Waals surface area contributed by atoms with Gasteiger partial charge in [-0.05, 0) is 54.8 Å². The lowest BCUT2D eigenvalue weighted by Gasteiger charge is -2.23. The quantitative estimate of drug-likeness (QED) is 0.304. The van der Waals surface area contributed by atoms with E-state index < -0.39 is 0 Å². The average Bonchev–Trinajstić information content (AvgIpc) is 3.31. The van der Waals surface area contributed by atoms with Crippen LogP contribution in [0.3, 0.4) is 0 Å². The lowest BCUT2D eigenvalue weighted by atomic mass is 9.96. The number of hydrogen-bond acceptors (Lipinski definition) is 6. The third-order valence-electron chi connectivity index (χ3n) is 5.43. The van der Waals surface area contributed by atoms with Crippen LogP contribution >= 0.6 is 11.8 Å². The van der Waals surface area contributed by atoms with Crippen molar-refractivity contribution in [2.45, 2.75) is 32.0 Å². The molecule has 0 saturated carbocycles. The number of hydrogen-bond donors (Lipinski definition) is 1. The molecular formula is C27H29N5O2S. The van der Waals surface area contributed by atoms with Crippen LogP contribution in [0.25, 0.3) is 17.1 Å². The van der Waals surface area contributed by atoms with E-state index in [0.717, 1.165) is 22.6 Å². The Bertz CT molecular complexity index is 1230. The fourth-order valence-electron chi connectivity index (χ4n) is 3.78. The maximum atomic E-state index is 12.9. The lowest BCUT2D eigenvalue weighted by Crippen LogP contribution is -2.33. The molecule has 1 N–H and O–H groups in total. The number of pyridine rings is 1. The molecule has 0 saturated heterocycles. The Morgan fingerprint density at radius 3 is 2.46 bits per heavy atom. The van der Waals surface area contributed by atoms with Gasteiger partial charge in [0.15, 0.2) is 11.0 Å². The SMILES string of the molecule is CCOc1ccc(-n2c(SCC(=O)NC(c3ccccc3)C(C)C)nnc2-c2cccnc2)cc1. The van der Waals surface area contributed by atoms with Crippen LogP contribution in [-0.2, 0) is 4.79 Å². The standard InChI is InChI=1S/C27H29N5O2S/c1-4-34-23-14-12-22(13-15-23)32-26(21-11-8-16-28-17-21)30-31-27(32)35-18-24(33)29-25(19(2)3)20-9-6-5-7-10-20/h5-17,19,25H,4,18H2,1-3H3,(H,29,33). The topological polar surface area (TPSA) is 81.9 Å². The lowest BCUT2D eigenvalue weighted by molar-refractivity contribution is -0.119. The Kier molecular flexibility index (Phi) is 8.15. The molecule has 180 valence electrons. The molecule has 8 heteroatoms. The minimum absolute atomic E-state index is 0.0540. The maximum absolute atomic E-state index is 12.9.